The zero-order chi connectivity index (χ0) is 7.71. The Kier molecular flexibility index (Phi) is 3.09. The zero-order valence-electron chi connectivity index (χ0n) is 5.63. The SMILES string of the molecule is CC(C)(C)NC(Cl)(Cl)Cl. The number of hydrogen-bond acceptors (Lipinski definition) is 1. The van der Waals surface area contributed by atoms with Crippen LogP contribution in [0.25, 0.3) is 0 Å². The second kappa shape index (κ2) is 2.83. The monoisotopic (exact) mass is 189 g/mol. The first-order chi connectivity index (χ1) is 3.71. The summed E-state index contributed by atoms with van der Waals surface area (Å²) in [4.78, 5) is 0. The van der Waals surface area contributed by atoms with Crippen LogP contribution in [0.2, 0.25) is 0 Å². The Morgan fingerprint density at radius 1 is 1.00 bits per heavy atom. The normalized spacial score (nSPS) is 14.0. The zero-order valence-corrected chi connectivity index (χ0v) is 7.90. The predicted molar refractivity (Wildman–Crippen MR) is 43.2 cm³/mol. The molecule has 0 aromatic carbocycles. The molecule has 0 heterocycles. The minimum absolute atomic E-state index is 0.161. The molecule has 0 saturated heterocycles. The molecule has 0 aromatic heterocycles. The first-order valence-corrected chi connectivity index (χ1v) is 3.70. The van der Waals surface area contributed by atoms with Crippen molar-refractivity contribution in [3.8, 4) is 0 Å². The Bertz CT molecular complexity index is 77.4. The van der Waals surface area contributed by atoms with Gasteiger partial charge >= 0.3 is 0 Å². The van der Waals surface area contributed by atoms with Gasteiger partial charge in [-0.2, -0.15) is 0 Å². The van der Waals surface area contributed by atoms with Gasteiger partial charge < -0.3 is 0 Å². The van der Waals surface area contributed by atoms with Gasteiger partial charge in [-0.05, 0) is 20.8 Å². The number of nitrogens with one attached hydrogen (secondary N) is 1. The summed E-state index contributed by atoms with van der Waals surface area (Å²) in [5.41, 5.74) is -0.161. The predicted octanol–water partition coefficient (Wildman–Crippen LogP) is 2.70. The molecular formula is C5H10Cl3N. The number of hydrogen-bond donors (Lipinski definition) is 1. The summed E-state index contributed by atoms with van der Waals surface area (Å²) in [5, 5.41) is 2.75. The average Bonchev–Trinajstić information content (AvgIpc) is 1.14. The Morgan fingerprint density at radius 2 is 1.33 bits per heavy atom. The summed E-state index contributed by atoms with van der Waals surface area (Å²) >= 11 is 16.3. The van der Waals surface area contributed by atoms with E-state index in [1.54, 1.807) is 0 Å². The van der Waals surface area contributed by atoms with Crippen LogP contribution in [0.5, 0.6) is 0 Å². The lowest BCUT2D eigenvalue weighted by Crippen LogP contribution is -2.43. The van der Waals surface area contributed by atoms with Crippen molar-refractivity contribution in [3.05, 3.63) is 0 Å². The fourth-order valence-electron chi connectivity index (χ4n) is 0.425. The van der Waals surface area contributed by atoms with Gasteiger partial charge in [-0.15, -0.1) is 0 Å². The van der Waals surface area contributed by atoms with Gasteiger partial charge in [-0.25, -0.2) is 0 Å². The second-order valence-corrected chi connectivity index (χ2v) is 5.15. The smallest absolute Gasteiger partial charge is 0.245 e. The first kappa shape index (κ1) is 9.83. The van der Waals surface area contributed by atoms with Gasteiger partial charge in [-0.1, -0.05) is 34.8 Å². The van der Waals surface area contributed by atoms with Crippen LogP contribution < -0.4 is 5.32 Å². The van der Waals surface area contributed by atoms with Crippen LogP contribution in [0.4, 0.5) is 0 Å². The second-order valence-electron chi connectivity index (χ2n) is 2.87. The van der Waals surface area contributed by atoms with E-state index in [9.17, 15) is 0 Å². The highest BCUT2D eigenvalue weighted by molar-refractivity contribution is 6.67. The summed E-state index contributed by atoms with van der Waals surface area (Å²) in [5.74, 6) is 0. The van der Waals surface area contributed by atoms with Gasteiger partial charge in [0.05, 0.1) is 0 Å². The molecule has 0 rings (SSSR count). The molecule has 56 valence electrons. The summed E-state index contributed by atoms with van der Waals surface area (Å²) in [6, 6.07) is 0. The van der Waals surface area contributed by atoms with E-state index in [0.29, 0.717) is 0 Å². The number of rotatable bonds is 0. The van der Waals surface area contributed by atoms with Crippen LogP contribution in [0.15, 0.2) is 0 Å². The van der Waals surface area contributed by atoms with E-state index in [1.807, 2.05) is 20.8 Å². The van der Waals surface area contributed by atoms with Crippen LogP contribution in [0.1, 0.15) is 20.8 Å². The van der Waals surface area contributed by atoms with Crippen molar-refractivity contribution in [1.29, 1.82) is 0 Å². The lowest BCUT2D eigenvalue weighted by Gasteiger charge is -2.25. The van der Waals surface area contributed by atoms with Crippen LogP contribution in [-0.2, 0) is 0 Å². The molecule has 0 amide bonds. The van der Waals surface area contributed by atoms with E-state index < -0.39 is 3.92 Å². The van der Waals surface area contributed by atoms with E-state index in [1.165, 1.54) is 0 Å². The van der Waals surface area contributed by atoms with Gasteiger partial charge in [0.1, 0.15) is 0 Å². The molecule has 9 heavy (non-hydrogen) atoms. The third-order valence-corrected chi connectivity index (χ3v) is 0.800. The molecule has 0 radical (unpaired) electrons. The fraction of sp³-hybridized carbons (Fsp3) is 1.00. The minimum Gasteiger partial charge on any atom is -0.268 e. The molecule has 0 unspecified atom stereocenters. The van der Waals surface area contributed by atoms with Crippen LogP contribution in [-0.4, -0.2) is 9.46 Å². The van der Waals surface area contributed by atoms with E-state index in [0.717, 1.165) is 0 Å². The number of halogens is 3. The first-order valence-electron chi connectivity index (χ1n) is 2.57. The third kappa shape index (κ3) is 8.83. The molecule has 0 saturated carbocycles. The highest BCUT2D eigenvalue weighted by Crippen LogP contribution is 2.24. The average molecular weight is 191 g/mol. The van der Waals surface area contributed by atoms with Crippen molar-refractivity contribution in [2.45, 2.75) is 30.2 Å². The third-order valence-electron chi connectivity index (χ3n) is 0.517. The van der Waals surface area contributed by atoms with E-state index in [-0.39, 0.29) is 5.54 Å². The highest BCUT2D eigenvalue weighted by atomic mass is 35.6. The van der Waals surface area contributed by atoms with Crippen LogP contribution in [0.3, 0.4) is 0 Å². The minimum atomic E-state index is -1.35. The molecule has 0 aliphatic carbocycles. The van der Waals surface area contributed by atoms with Gasteiger partial charge in [0.15, 0.2) is 0 Å². The summed E-state index contributed by atoms with van der Waals surface area (Å²) in [7, 11) is 0. The van der Waals surface area contributed by atoms with Crippen LogP contribution >= 0.6 is 34.8 Å². The maximum Gasteiger partial charge on any atom is 0.245 e. The van der Waals surface area contributed by atoms with Crippen LogP contribution in [0, 0.1) is 0 Å². The molecule has 0 aliphatic heterocycles. The van der Waals surface area contributed by atoms with E-state index >= 15 is 0 Å². The Labute approximate surface area is 70.7 Å². The summed E-state index contributed by atoms with van der Waals surface area (Å²) in [6.45, 7) is 5.78. The van der Waals surface area contributed by atoms with Gasteiger partial charge in [0, 0.05) is 5.54 Å². The molecule has 4 heteroatoms. The lowest BCUT2D eigenvalue weighted by molar-refractivity contribution is 0.431. The topological polar surface area (TPSA) is 12.0 Å². The molecule has 0 aliphatic rings. The van der Waals surface area contributed by atoms with Crippen molar-refractivity contribution >= 4 is 34.8 Å². The number of alkyl halides is 3. The lowest BCUT2D eigenvalue weighted by atomic mass is 10.1. The standard InChI is InChI=1S/C5H10Cl3N/c1-4(2,3)9-5(6,7)8/h9H,1-3H3. The maximum absolute atomic E-state index is 5.44. The molecule has 0 aromatic rings. The van der Waals surface area contributed by atoms with Crippen molar-refractivity contribution in [1.82, 2.24) is 5.32 Å². The quantitative estimate of drug-likeness (QED) is 0.457. The maximum atomic E-state index is 5.44. The molecule has 0 spiro atoms. The van der Waals surface area contributed by atoms with Crippen molar-refractivity contribution in [2.24, 2.45) is 0 Å². The molecule has 1 nitrogen and oxygen atoms in total. The fourth-order valence-corrected chi connectivity index (χ4v) is 1.28. The Morgan fingerprint density at radius 3 is 1.33 bits per heavy atom. The van der Waals surface area contributed by atoms with Gasteiger partial charge in [-0.3, -0.25) is 5.32 Å². The van der Waals surface area contributed by atoms with Gasteiger partial charge in [0.2, 0.25) is 3.92 Å². The van der Waals surface area contributed by atoms with E-state index in [4.69, 9.17) is 34.8 Å². The van der Waals surface area contributed by atoms with E-state index in [2.05, 4.69) is 5.32 Å². The Hall–Kier alpha value is 0.830. The molecular weight excluding hydrogens is 180 g/mol. The highest BCUT2D eigenvalue weighted by Gasteiger charge is 2.25. The summed E-state index contributed by atoms with van der Waals surface area (Å²) < 4.78 is -1.35. The largest absolute Gasteiger partial charge is 0.268 e. The Balaban J connectivity index is 3.75. The van der Waals surface area contributed by atoms with Crippen molar-refractivity contribution in [3.63, 3.8) is 0 Å². The molecule has 1 N–H and O–H groups in total. The van der Waals surface area contributed by atoms with Crippen molar-refractivity contribution in [2.75, 3.05) is 0 Å². The molecule has 0 fully saturated rings. The molecule has 0 atom stereocenters. The molecule has 0 bridgehead atoms. The summed E-state index contributed by atoms with van der Waals surface area (Å²) in [6.07, 6.45) is 0. The van der Waals surface area contributed by atoms with Gasteiger partial charge in [0.25, 0.3) is 0 Å². The van der Waals surface area contributed by atoms with Crippen molar-refractivity contribution < 1.29 is 0 Å².